The van der Waals surface area contributed by atoms with E-state index in [9.17, 15) is 9.90 Å². The second-order valence-electron chi connectivity index (χ2n) is 6.09. The van der Waals surface area contributed by atoms with Crippen LogP contribution >= 0.6 is 11.6 Å². The molecule has 2 fully saturated rings. The molecule has 0 saturated heterocycles. The number of rotatable bonds is 4. The van der Waals surface area contributed by atoms with E-state index >= 15 is 0 Å². The number of carbonyl (C=O) groups excluding carboxylic acids is 1. The zero-order valence-electron chi connectivity index (χ0n) is 12.4. The van der Waals surface area contributed by atoms with Crippen LogP contribution in [0.25, 0.3) is 0 Å². The quantitative estimate of drug-likeness (QED) is 0.835. The number of aromatic nitrogens is 1. The molecule has 120 valence electrons. The Labute approximate surface area is 135 Å². The van der Waals surface area contributed by atoms with Gasteiger partial charge in [-0.3, -0.25) is 4.79 Å². The fourth-order valence-corrected chi connectivity index (χ4v) is 2.99. The van der Waals surface area contributed by atoms with Crippen LogP contribution in [-0.4, -0.2) is 34.2 Å². The van der Waals surface area contributed by atoms with Crippen LogP contribution in [0.1, 0.15) is 55.3 Å². The number of aliphatic hydroxyl groups excluding tert-OH is 1. The first-order chi connectivity index (χ1) is 10.6. The molecule has 1 heterocycles. The number of halogens is 1. The van der Waals surface area contributed by atoms with E-state index < -0.39 is 6.10 Å². The molecule has 1 aromatic rings. The van der Waals surface area contributed by atoms with Gasteiger partial charge in [0.1, 0.15) is 16.8 Å². The lowest BCUT2D eigenvalue weighted by Gasteiger charge is -2.29. The van der Waals surface area contributed by atoms with Crippen LogP contribution < -0.4 is 10.1 Å². The minimum atomic E-state index is -0.478. The lowest BCUT2D eigenvalue weighted by molar-refractivity contribution is 0.0704. The highest BCUT2D eigenvalue weighted by atomic mass is 35.5. The molecule has 0 aliphatic heterocycles. The molecule has 5 nitrogen and oxygen atoms in total. The molecule has 2 atom stereocenters. The molecule has 2 saturated carbocycles. The van der Waals surface area contributed by atoms with Gasteiger partial charge in [-0.15, -0.1) is 0 Å². The Morgan fingerprint density at radius 1 is 1.23 bits per heavy atom. The van der Waals surface area contributed by atoms with Crippen molar-refractivity contribution >= 4 is 17.5 Å². The first kappa shape index (κ1) is 15.6. The molecule has 2 aliphatic carbocycles. The smallest absolute Gasteiger partial charge is 0.257 e. The molecule has 0 spiro atoms. The van der Waals surface area contributed by atoms with Gasteiger partial charge in [-0.25, -0.2) is 4.98 Å². The van der Waals surface area contributed by atoms with E-state index in [1.54, 1.807) is 12.1 Å². The van der Waals surface area contributed by atoms with Crippen LogP contribution in [0.2, 0.25) is 5.15 Å². The first-order valence-electron chi connectivity index (χ1n) is 7.95. The van der Waals surface area contributed by atoms with Crippen LogP contribution in [0.15, 0.2) is 12.1 Å². The number of pyridine rings is 1. The van der Waals surface area contributed by atoms with Crippen LogP contribution in [0.5, 0.6) is 5.88 Å². The molecule has 0 bridgehead atoms. The normalized spacial score (nSPS) is 25.4. The van der Waals surface area contributed by atoms with Gasteiger partial charge in [0.25, 0.3) is 5.91 Å². The molecule has 0 radical (unpaired) electrons. The molecule has 1 amide bonds. The summed E-state index contributed by atoms with van der Waals surface area (Å²) in [4.78, 5) is 16.6. The Morgan fingerprint density at radius 3 is 2.68 bits per heavy atom. The third kappa shape index (κ3) is 3.52. The van der Waals surface area contributed by atoms with Gasteiger partial charge in [0.15, 0.2) is 0 Å². The minimum absolute atomic E-state index is 0.123. The lowest BCUT2D eigenvalue weighted by atomic mass is 9.92. The third-order valence-corrected chi connectivity index (χ3v) is 4.66. The van der Waals surface area contributed by atoms with Crippen molar-refractivity contribution in [3.05, 3.63) is 22.8 Å². The minimum Gasteiger partial charge on any atom is -0.474 e. The van der Waals surface area contributed by atoms with E-state index in [1.165, 1.54) is 0 Å². The number of amides is 1. The SMILES string of the molecule is O=C(N[C@H]1CCCC[C@@H]1O)c1ccc(Cl)nc1OC1CCC1. The van der Waals surface area contributed by atoms with E-state index in [-0.39, 0.29) is 18.1 Å². The Morgan fingerprint density at radius 2 is 2.00 bits per heavy atom. The number of nitrogens with zero attached hydrogens (tertiary/aromatic N) is 1. The predicted molar refractivity (Wildman–Crippen MR) is 83.2 cm³/mol. The Balaban J connectivity index is 1.72. The standard InChI is InChI=1S/C16H21ClN2O3/c17-14-9-8-11(16(19-14)22-10-4-3-5-10)15(21)18-12-6-1-2-7-13(12)20/h8-10,12-13,20H,1-7H2,(H,18,21)/t12-,13-/m0/s1. The van der Waals surface area contributed by atoms with Crippen LogP contribution in [0, 0.1) is 0 Å². The van der Waals surface area contributed by atoms with Gasteiger partial charge in [0, 0.05) is 0 Å². The molecule has 3 rings (SSSR count). The lowest BCUT2D eigenvalue weighted by Crippen LogP contribution is -2.45. The highest BCUT2D eigenvalue weighted by Gasteiger charge is 2.27. The van der Waals surface area contributed by atoms with Gasteiger partial charge >= 0.3 is 0 Å². The monoisotopic (exact) mass is 324 g/mol. The average molecular weight is 325 g/mol. The largest absolute Gasteiger partial charge is 0.474 e. The number of aliphatic hydroxyl groups is 1. The Bertz CT molecular complexity index is 548. The second kappa shape index (κ2) is 6.84. The molecule has 0 aromatic carbocycles. The zero-order valence-corrected chi connectivity index (χ0v) is 13.2. The van der Waals surface area contributed by atoms with E-state index in [2.05, 4.69) is 10.3 Å². The predicted octanol–water partition coefficient (Wildman–Crippen LogP) is 2.70. The average Bonchev–Trinajstić information content (AvgIpc) is 2.45. The summed E-state index contributed by atoms with van der Waals surface area (Å²) in [7, 11) is 0. The second-order valence-corrected chi connectivity index (χ2v) is 6.48. The number of ether oxygens (including phenoxy) is 1. The summed E-state index contributed by atoms with van der Waals surface area (Å²) in [6.45, 7) is 0. The van der Waals surface area contributed by atoms with Crippen molar-refractivity contribution in [1.82, 2.24) is 10.3 Å². The molecular formula is C16H21ClN2O3. The van der Waals surface area contributed by atoms with Crippen molar-refractivity contribution in [2.24, 2.45) is 0 Å². The highest BCUT2D eigenvalue weighted by molar-refractivity contribution is 6.29. The summed E-state index contributed by atoms with van der Waals surface area (Å²) < 4.78 is 5.78. The Hall–Kier alpha value is -1.33. The molecule has 1 aromatic heterocycles. The van der Waals surface area contributed by atoms with E-state index in [1.807, 2.05) is 0 Å². The van der Waals surface area contributed by atoms with E-state index in [0.717, 1.165) is 44.9 Å². The van der Waals surface area contributed by atoms with Crippen molar-refractivity contribution < 1.29 is 14.6 Å². The summed E-state index contributed by atoms with van der Waals surface area (Å²) in [6.07, 6.45) is 6.31. The summed E-state index contributed by atoms with van der Waals surface area (Å²) in [5, 5.41) is 13.2. The fraction of sp³-hybridized carbons (Fsp3) is 0.625. The maximum absolute atomic E-state index is 12.5. The topological polar surface area (TPSA) is 71.5 Å². The van der Waals surface area contributed by atoms with Crippen molar-refractivity contribution in [3.63, 3.8) is 0 Å². The highest BCUT2D eigenvalue weighted by Crippen LogP contribution is 2.28. The van der Waals surface area contributed by atoms with Crippen molar-refractivity contribution in [2.45, 2.75) is 63.2 Å². The van der Waals surface area contributed by atoms with Crippen LogP contribution in [0.3, 0.4) is 0 Å². The van der Waals surface area contributed by atoms with E-state index in [0.29, 0.717) is 16.6 Å². The van der Waals surface area contributed by atoms with Gasteiger partial charge in [0.2, 0.25) is 5.88 Å². The first-order valence-corrected chi connectivity index (χ1v) is 8.33. The van der Waals surface area contributed by atoms with Gasteiger partial charge in [-0.05, 0) is 44.2 Å². The molecule has 2 N–H and O–H groups in total. The molecular weight excluding hydrogens is 304 g/mol. The molecule has 22 heavy (non-hydrogen) atoms. The van der Waals surface area contributed by atoms with Gasteiger partial charge in [0.05, 0.1) is 12.1 Å². The molecule has 0 unspecified atom stereocenters. The third-order valence-electron chi connectivity index (χ3n) is 4.45. The molecule has 2 aliphatic rings. The number of carbonyl (C=O) groups is 1. The number of nitrogens with one attached hydrogen (secondary N) is 1. The summed E-state index contributed by atoms with van der Waals surface area (Å²) in [6, 6.07) is 3.02. The molecule has 6 heteroatoms. The zero-order chi connectivity index (χ0) is 15.5. The number of hydrogen-bond donors (Lipinski definition) is 2. The summed E-state index contributed by atoms with van der Waals surface area (Å²) >= 11 is 5.92. The van der Waals surface area contributed by atoms with Crippen molar-refractivity contribution in [2.75, 3.05) is 0 Å². The van der Waals surface area contributed by atoms with Crippen LogP contribution in [0.4, 0.5) is 0 Å². The van der Waals surface area contributed by atoms with Gasteiger partial charge in [-0.2, -0.15) is 0 Å². The van der Waals surface area contributed by atoms with Gasteiger partial charge in [-0.1, -0.05) is 24.4 Å². The Kier molecular flexibility index (Phi) is 4.84. The summed E-state index contributed by atoms with van der Waals surface area (Å²) in [5.74, 6) is 0.0319. The fourth-order valence-electron chi connectivity index (χ4n) is 2.85. The van der Waals surface area contributed by atoms with Crippen molar-refractivity contribution in [1.29, 1.82) is 0 Å². The van der Waals surface area contributed by atoms with Crippen LogP contribution in [-0.2, 0) is 0 Å². The number of hydrogen-bond acceptors (Lipinski definition) is 4. The van der Waals surface area contributed by atoms with Crippen molar-refractivity contribution in [3.8, 4) is 5.88 Å². The maximum atomic E-state index is 12.5. The maximum Gasteiger partial charge on any atom is 0.257 e. The summed E-state index contributed by atoms with van der Waals surface area (Å²) in [5.41, 5.74) is 0.383. The van der Waals surface area contributed by atoms with E-state index in [4.69, 9.17) is 16.3 Å². The van der Waals surface area contributed by atoms with Gasteiger partial charge < -0.3 is 15.2 Å².